The second-order valence-electron chi connectivity index (χ2n) is 4.96. The Hall–Kier alpha value is -2.93. The van der Waals surface area contributed by atoms with Gasteiger partial charge in [0.2, 0.25) is 5.95 Å². The Balaban J connectivity index is 1.71. The number of hydrogen-bond acceptors (Lipinski definition) is 6. The maximum absolute atomic E-state index is 12.0. The molecule has 0 aliphatic carbocycles. The van der Waals surface area contributed by atoms with Gasteiger partial charge < -0.3 is 14.5 Å². The summed E-state index contributed by atoms with van der Waals surface area (Å²) in [5, 5.41) is 11.0. The highest BCUT2D eigenvalue weighted by atomic mass is 16.5. The molecule has 23 heavy (non-hydrogen) atoms. The van der Waals surface area contributed by atoms with Crippen LogP contribution in [0, 0.1) is 0 Å². The van der Waals surface area contributed by atoms with Crippen LogP contribution >= 0.6 is 0 Å². The Bertz CT molecular complexity index is 810. The monoisotopic (exact) mass is 312 g/mol. The molecule has 0 aliphatic heterocycles. The predicted octanol–water partition coefficient (Wildman–Crippen LogP) is 2.24. The first-order chi connectivity index (χ1) is 11.2. The smallest absolute Gasteiger partial charge is 0.274 e. The standard InChI is InChI=1S/C16H16N4O3/c1-22-10-11-4-6-12(7-5-11)17-16-18-15(21)14(19-20-16)9-13-3-2-8-23-13/h2-8H,9-10H2,1H3,(H2,17,18,20,21). The van der Waals surface area contributed by atoms with E-state index in [0.29, 0.717) is 24.5 Å². The van der Waals surface area contributed by atoms with Crippen molar-refractivity contribution < 1.29 is 9.15 Å². The van der Waals surface area contributed by atoms with E-state index in [1.807, 2.05) is 24.3 Å². The van der Waals surface area contributed by atoms with Crippen LogP contribution in [-0.2, 0) is 17.8 Å². The van der Waals surface area contributed by atoms with E-state index in [1.54, 1.807) is 25.5 Å². The van der Waals surface area contributed by atoms with E-state index in [4.69, 9.17) is 9.15 Å². The van der Waals surface area contributed by atoms with Gasteiger partial charge in [-0.1, -0.05) is 12.1 Å². The number of aromatic amines is 1. The normalized spacial score (nSPS) is 10.7. The van der Waals surface area contributed by atoms with Crippen molar-refractivity contribution in [3.63, 3.8) is 0 Å². The van der Waals surface area contributed by atoms with Gasteiger partial charge in [-0.15, -0.1) is 10.2 Å². The van der Waals surface area contributed by atoms with Gasteiger partial charge in [0, 0.05) is 12.8 Å². The van der Waals surface area contributed by atoms with Crippen molar-refractivity contribution in [2.24, 2.45) is 0 Å². The first-order valence-corrected chi connectivity index (χ1v) is 7.08. The molecule has 0 aliphatic rings. The molecule has 0 radical (unpaired) electrons. The van der Waals surface area contributed by atoms with Crippen molar-refractivity contribution in [3.05, 3.63) is 70.0 Å². The van der Waals surface area contributed by atoms with E-state index in [1.165, 1.54) is 0 Å². The molecule has 0 saturated carbocycles. The second-order valence-corrected chi connectivity index (χ2v) is 4.96. The molecule has 0 fully saturated rings. The molecule has 0 spiro atoms. The van der Waals surface area contributed by atoms with Crippen molar-refractivity contribution in [1.82, 2.24) is 15.2 Å². The number of aromatic nitrogens is 3. The third kappa shape index (κ3) is 3.83. The molecule has 2 heterocycles. The van der Waals surface area contributed by atoms with Gasteiger partial charge in [-0.05, 0) is 29.8 Å². The van der Waals surface area contributed by atoms with Gasteiger partial charge >= 0.3 is 0 Å². The zero-order valence-corrected chi connectivity index (χ0v) is 12.6. The van der Waals surface area contributed by atoms with Gasteiger partial charge in [0.05, 0.1) is 19.3 Å². The summed E-state index contributed by atoms with van der Waals surface area (Å²) in [6.07, 6.45) is 1.86. The molecule has 0 amide bonds. The van der Waals surface area contributed by atoms with Crippen LogP contribution < -0.4 is 10.9 Å². The Kier molecular flexibility index (Phi) is 4.49. The number of anilines is 2. The molecule has 2 aromatic heterocycles. The minimum absolute atomic E-state index is 0.290. The van der Waals surface area contributed by atoms with Crippen LogP contribution in [0.1, 0.15) is 17.0 Å². The Morgan fingerprint density at radius 3 is 2.70 bits per heavy atom. The molecule has 0 unspecified atom stereocenters. The molecular weight excluding hydrogens is 296 g/mol. The first kappa shape index (κ1) is 15.0. The van der Waals surface area contributed by atoms with Crippen LogP contribution in [0.3, 0.4) is 0 Å². The lowest BCUT2D eigenvalue weighted by atomic mass is 10.2. The summed E-state index contributed by atoms with van der Waals surface area (Å²) in [5.74, 6) is 0.955. The topological polar surface area (TPSA) is 93.0 Å². The molecule has 1 aromatic carbocycles. The molecule has 0 atom stereocenters. The van der Waals surface area contributed by atoms with Crippen molar-refractivity contribution in [1.29, 1.82) is 0 Å². The molecule has 118 valence electrons. The van der Waals surface area contributed by atoms with Crippen molar-refractivity contribution in [2.75, 3.05) is 12.4 Å². The van der Waals surface area contributed by atoms with E-state index in [2.05, 4.69) is 20.5 Å². The van der Waals surface area contributed by atoms with Crippen molar-refractivity contribution in [2.45, 2.75) is 13.0 Å². The van der Waals surface area contributed by atoms with Gasteiger partial charge in [-0.3, -0.25) is 9.78 Å². The zero-order chi connectivity index (χ0) is 16.1. The first-order valence-electron chi connectivity index (χ1n) is 7.08. The number of hydrogen-bond donors (Lipinski definition) is 2. The van der Waals surface area contributed by atoms with Gasteiger partial charge in [0.15, 0.2) is 0 Å². The van der Waals surface area contributed by atoms with E-state index >= 15 is 0 Å². The van der Waals surface area contributed by atoms with Crippen LogP contribution in [0.25, 0.3) is 0 Å². The van der Waals surface area contributed by atoms with Crippen LogP contribution in [0.15, 0.2) is 51.9 Å². The lowest BCUT2D eigenvalue weighted by Crippen LogP contribution is -2.18. The predicted molar refractivity (Wildman–Crippen MR) is 84.6 cm³/mol. The minimum Gasteiger partial charge on any atom is -0.469 e. The quantitative estimate of drug-likeness (QED) is 0.725. The van der Waals surface area contributed by atoms with Crippen LogP contribution in [0.2, 0.25) is 0 Å². The highest BCUT2D eigenvalue weighted by Gasteiger charge is 2.08. The lowest BCUT2D eigenvalue weighted by Gasteiger charge is -2.06. The molecule has 2 N–H and O–H groups in total. The van der Waals surface area contributed by atoms with Crippen molar-refractivity contribution in [3.8, 4) is 0 Å². The lowest BCUT2D eigenvalue weighted by molar-refractivity contribution is 0.185. The molecule has 3 rings (SSSR count). The Morgan fingerprint density at radius 2 is 2.04 bits per heavy atom. The van der Waals surface area contributed by atoms with Crippen LogP contribution in [0.5, 0.6) is 0 Å². The number of nitrogens with one attached hydrogen (secondary N) is 2. The Labute approximate surface area is 132 Å². The SMILES string of the molecule is COCc1ccc(Nc2nnc(Cc3ccco3)c(=O)[nH]2)cc1. The number of rotatable bonds is 6. The van der Waals surface area contributed by atoms with Gasteiger partial charge in [-0.25, -0.2) is 0 Å². The highest BCUT2D eigenvalue weighted by molar-refractivity contribution is 5.53. The molecule has 7 nitrogen and oxygen atoms in total. The van der Waals surface area contributed by atoms with E-state index < -0.39 is 0 Å². The zero-order valence-electron chi connectivity index (χ0n) is 12.6. The third-order valence-corrected chi connectivity index (χ3v) is 3.21. The molecule has 0 saturated heterocycles. The highest BCUT2D eigenvalue weighted by Crippen LogP contribution is 2.13. The number of H-pyrrole nitrogens is 1. The fourth-order valence-electron chi connectivity index (χ4n) is 2.10. The van der Waals surface area contributed by atoms with Gasteiger partial charge in [0.25, 0.3) is 5.56 Å². The maximum atomic E-state index is 12.0. The molecular formula is C16H16N4O3. The third-order valence-electron chi connectivity index (χ3n) is 3.21. The summed E-state index contributed by atoms with van der Waals surface area (Å²) in [7, 11) is 1.65. The molecule has 7 heteroatoms. The van der Waals surface area contributed by atoms with Crippen LogP contribution in [-0.4, -0.2) is 22.3 Å². The summed E-state index contributed by atoms with van der Waals surface area (Å²) < 4.78 is 10.3. The molecule has 3 aromatic rings. The minimum atomic E-state index is -0.296. The largest absolute Gasteiger partial charge is 0.469 e. The number of nitrogens with zero attached hydrogens (tertiary/aromatic N) is 2. The maximum Gasteiger partial charge on any atom is 0.274 e. The fourth-order valence-corrected chi connectivity index (χ4v) is 2.10. The number of furan rings is 1. The summed E-state index contributed by atoms with van der Waals surface area (Å²) in [5.41, 5.74) is 1.87. The van der Waals surface area contributed by atoms with Gasteiger partial charge in [-0.2, -0.15) is 0 Å². The number of ether oxygens (including phenoxy) is 1. The number of methoxy groups -OCH3 is 1. The number of benzene rings is 1. The van der Waals surface area contributed by atoms with Crippen LogP contribution in [0.4, 0.5) is 11.6 Å². The summed E-state index contributed by atoms with van der Waals surface area (Å²) >= 11 is 0. The second kappa shape index (κ2) is 6.89. The van der Waals surface area contributed by atoms with Gasteiger partial charge in [0.1, 0.15) is 11.5 Å². The molecule has 0 bridgehead atoms. The fraction of sp³-hybridized carbons (Fsp3) is 0.188. The van der Waals surface area contributed by atoms with Crippen molar-refractivity contribution >= 4 is 11.6 Å². The summed E-state index contributed by atoms with van der Waals surface area (Å²) in [6, 6.07) is 11.2. The van der Waals surface area contributed by atoms with E-state index in [0.717, 1.165) is 11.3 Å². The summed E-state index contributed by atoms with van der Waals surface area (Å²) in [6.45, 7) is 0.554. The average Bonchev–Trinajstić information content (AvgIpc) is 3.05. The Morgan fingerprint density at radius 1 is 1.22 bits per heavy atom. The van der Waals surface area contributed by atoms with E-state index in [-0.39, 0.29) is 11.5 Å². The average molecular weight is 312 g/mol. The van der Waals surface area contributed by atoms with E-state index in [9.17, 15) is 4.79 Å². The summed E-state index contributed by atoms with van der Waals surface area (Å²) in [4.78, 5) is 14.7.